The number of carbonyl (C=O) groups excluding carboxylic acids is 1. The maximum absolute atomic E-state index is 10.9. The van der Waals surface area contributed by atoms with E-state index in [-0.39, 0.29) is 0 Å². The number of carboxylic acids is 1. The summed E-state index contributed by atoms with van der Waals surface area (Å²) in [7, 11) is 0. The van der Waals surface area contributed by atoms with Gasteiger partial charge in [0, 0.05) is 0 Å². The van der Waals surface area contributed by atoms with E-state index in [4.69, 9.17) is 10.8 Å². The lowest BCUT2D eigenvalue weighted by Gasteiger charge is -2.16. The summed E-state index contributed by atoms with van der Waals surface area (Å²) < 4.78 is 0. The molecule has 4 N–H and O–H groups in total. The average Bonchev–Trinajstić information content (AvgIpc) is 1.84. The van der Waals surface area contributed by atoms with E-state index < -0.39 is 24.0 Å². The largest absolute Gasteiger partial charge is 0.479 e. The van der Waals surface area contributed by atoms with Gasteiger partial charge in [0.15, 0.2) is 6.61 Å². The summed E-state index contributed by atoms with van der Waals surface area (Å²) in [5.74, 6) is -1.73. The van der Waals surface area contributed by atoms with Crippen LogP contribution in [0, 0.1) is 0 Å². The van der Waals surface area contributed by atoms with Gasteiger partial charge in [-0.1, -0.05) is 0 Å². The molecule has 0 aliphatic heterocycles. The molecular weight excluding hydrogens is 164 g/mol. The summed E-state index contributed by atoms with van der Waals surface area (Å²) in [6.45, 7) is 2.38. The van der Waals surface area contributed by atoms with Gasteiger partial charge in [-0.25, -0.2) is 10.3 Å². The van der Waals surface area contributed by atoms with Gasteiger partial charge in [-0.2, -0.15) is 0 Å². The number of aliphatic carboxylic acids is 1. The zero-order valence-corrected chi connectivity index (χ0v) is 6.96. The van der Waals surface area contributed by atoms with E-state index in [1.807, 2.05) is 5.48 Å². The van der Waals surface area contributed by atoms with E-state index in [1.165, 1.54) is 13.8 Å². The van der Waals surface area contributed by atoms with Crippen molar-refractivity contribution in [3.05, 3.63) is 0 Å². The lowest BCUT2D eigenvalue weighted by Crippen LogP contribution is -2.49. The van der Waals surface area contributed by atoms with Crippen LogP contribution in [0.15, 0.2) is 0 Å². The first-order chi connectivity index (χ1) is 5.34. The van der Waals surface area contributed by atoms with Crippen molar-refractivity contribution in [3.63, 3.8) is 0 Å². The van der Waals surface area contributed by atoms with Crippen LogP contribution in [0.1, 0.15) is 13.8 Å². The predicted molar refractivity (Wildman–Crippen MR) is 40.0 cm³/mol. The predicted octanol–water partition coefficient (Wildman–Crippen LogP) is -1.14. The highest BCUT2D eigenvalue weighted by Crippen LogP contribution is 1.94. The number of hydrogen-bond donors (Lipinski definition) is 3. The van der Waals surface area contributed by atoms with E-state index in [9.17, 15) is 9.59 Å². The molecule has 0 atom stereocenters. The van der Waals surface area contributed by atoms with Gasteiger partial charge in [0.2, 0.25) is 0 Å². The fourth-order valence-corrected chi connectivity index (χ4v) is 0.295. The van der Waals surface area contributed by atoms with Gasteiger partial charge in [0.1, 0.15) is 0 Å². The quantitative estimate of drug-likeness (QED) is 0.470. The molecule has 0 fully saturated rings. The van der Waals surface area contributed by atoms with Crippen LogP contribution in [0.2, 0.25) is 0 Å². The third-order valence-electron chi connectivity index (χ3n) is 0.946. The molecule has 0 bridgehead atoms. The van der Waals surface area contributed by atoms with E-state index in [0.29, 0.717) is 0 Å². The summed E-state index contributed by atoms with van der Waals surface area (Å²) in [5, 5.41) is 8.12. The van der Waals surface area contributed by atoms with Gasteiger partial charge in [-0.15, -0.1) is 0 Å². The highest BCUT2D eigenvalue weighted by molar-refractivity contribution is 5.84. The number of carbonyl (C=O) groups is 2. The molecule has 6 nitrogen and oxygen atoms in total. The maximum atomic E-state index is 10.9. The highest BCUT2D eigenvalue weighted by atomic mass is 16.7. The molecule has 0 spiro atoms. The molecule has 0 unspecified atom stereocenters. The molecule has 0 saturated carbocycles. The van der Waals surface area contributed by atoms with Crippen molar-refractivity contribution >= 4 is 11.9 Å². The van der Waals surface area contributed by atoms with Crippen LogP contribution in [-0.2, 0) is 14.4 Å². The van der Waals surface area contributed by atoms with Crippen LogP contribution >= 0.6 is 0 Å². The number of carboxylic acid groups (broad SMARTS) is 1. The maximum Gasteiger partial charge on any atom is 0.332 e. The Bertz CT molecular complexity index is 184. The molecule has 0 aromatic heterocycles. The summed E-state index contributed by atoms with van der Waals surface area (Å²) in [6, 6.07) is 0. The average molecular weight is 176 g/mol. The molecular formula is C6H12N2O4. The van der Waals surface area contributed by atoms with Gasteiger partial charge in [-0.05, 0) is 13.8 Å². The van der Waals surface area contributed by atoms with Crippen LogP contribution in [-0.4, -0.2) is 29.1 Å². The minimum atomic E-state index is -1.16. The Morgan fingerprint density at radius 2 is 2.08 bits per heavy atom. The molecule has 70 valence electrons. The van der Waals surface area contributed by atoms with Gasteiger partial charge < -0.3 is 10.8 Å². The third-order valence-corrected chi connectivity index (χ3v) is 0.946. The van der Waals surface area contributed by atoms with E-state index in [0.717, 1.165) is 0 Å². The Balaban J connectivity index is 3.66. The fourth-order valence-electron chi connectivity index (χ4n) is 0.295. The monoisotopic (exact) mass is 176 g/mol. The summed E-state index contributed by atoms with van der Waals surface area (Å²) in [4.78, 5) is 25.1. The second-order valence-corrected chi connectivity index (χ2v) is 2.84. The van der Waals surface area contributed by atoms with Gasteiger partial charge >= 0.3 is 5.97 Å². The van der Waals surface area contributed by atoms with Crippen molar-refractivity contribution in [2.24, 2.45) is 5.73 Å². The van der Waals surface area contributed by atoms with Crippen LogP contribution in [0.3, 0.4) is 0 Å². The Morgan fingerprint density at radius 1 is 1.58 bits per heavy atom. The molecule has 0 saturated heterocycles. The second-order valence-electron chi connectivity index (χ2n) is 2.84. The first kappa shape index (κ1) is 10.9. The smallest absolute Gasteiger partial charge is 0.332 e. The summed E-state index contributed by atoms with van der Waals surface area (Å²) in [6.07, 6.45) is 0. The third kappa shape index (κ3) is 4.64. The topological polar surface area (TPSA) is 102 Å². The summed E-state index contributed by atoms with van der Waals surface area (Å²) in [5.41, 5.74) is 6.19. The molecule has 1 amide bonds. The first-order valence-corrected chi connectivity index (χ1v) is 3.27. The Kier molecular flexibility index (Phi) is 3.65. The second kappa shape index (κ2) is 4.03. The highest BCUT2D eigenvalue weighted by Gasteiger charge is 2.21. The first-order valence-electron chi connectivity index (χ1n) is 3.27. The molecule has 0 heterocycles. The van der Waals surface area contributed by atoms with E-state index >= 15 is 0 Å². The standard InChI is InChI=1S/C6H12N2O4/c1-6(2,7)5(11)8-12-3-4(9)10/h3,7H2,1-2H3,(H,8,11)(H,9,10). The number of rotatable bonds is 4. The molecule has 0 aliphatic carbocycles. The number of hydroxylamine groups is 1. The normalized spacial score (nSPS) is 10.9. The van der Waals surface area contributed by atoms with Crippen molar-refractivity contribution in [1.82, 2.24) is 5.48 Å². The van der Waals surface area contributed by atoms with E-state index in [2.05, 4.69) is 4.84 Å². The fraction of sp³-hybridized carbons (Fsp3) is 0.667. The van der Waals surface area contributed by atoms with Crippen LogP contribution in [0.25, 0.3) is 0 Å². The minimum Gasteiger partial charge on any atom is -0.479 e. The molecule has 0 aromatic rings. The van der Waals surface area contributed by atoms with Crippen molar-refractivity contribution in [2.75, 3.05) is 6.61 Å². The Morgan fingerprint density at radius 3 is 2.42 bits per heavy atom. The van der Waals surface area contributed by atoms with Gasteiger partial charge in [-0.3, -0.25) is 9.63 Å². The number of amides is 1. The Hall–Kier alpha value is -1.14. The van der Waals surface area contributed by atoms with Crippen LogP contribution in [0.5, 0.6) is 0 Å². The minimum absolute atomic E-state index is 0.566. The number of nitrogens with one attached hydrogen (secondary N) is 1. The zero-order chi connectivity index (χ0) is 9.78. The van der Waals surface area contributed by atoms with Crippen molar-refractivity contribution < 1.29 is 19.5 Å². The van der Waals surface area contributed by atoms with Gasteiger partial charge in [0.25, 0.3) is 5.91 Å². The van der Waals surface area contributed by atoms with Gasteiger partial charge in [0.05, 0.1) is 5.54 Å². The molecule has 0 aliphatic rings. The molecule has 12 heavy (non-hydrogen) atoms. The lowest BCUT2D eigenvalue weighted by atomic mass is 10.1. The SMILES string of the molecule is CC(C)(N)C(=O)NOCC(=O)O. The molecule has 0 rings (SSSR count). The molecule has 0 radical (unpaired) electrons. The van der Waals surface area contributed by atoms with Crippen molar-refractivity contribution in [3.8, 4) is 0 Å². The zero-order valence-electron chi connectivity index (χ0n) is 6.96. The number of hydrogen-bond acceptors (Lipinski definition) is 4. The van der Waals surface area contributed by atoms with Crippen molar-refractivity contribution in [1.29, 1.82) is 0 Å². The van der Waals surface area contributed by atoms with Crippen LogP contribution < -0.4 is 11.2 Å². The molecule has 6 heteroatoms. The molecule has 0 aromatic carbocycles. The number of nitrogens with two attached hydrogens (primary N) is 1. The lowest BCUT2D eigenvalue weighted by molar-refractivity contribution is -0.150. The van der Waals surface area contributed by atoms with Crippen LogP contribution in [0.4, 0.5) is 0 Å². The Labute approximate surface area is 69.6 Å². The van der Waals surface area contributed by atoms with Crippen molar-refractivity contribution in [2.45, 2.75) is 19.4 Å². The van der Waals surface area contributed by atoms with E-state index in [1.54, 1.807) is 0 Å². The summed E-state index contributed by atoms with van der Waals surface area (Å²) >= 11 is 0.